The van der Waals surface area contributed by atoms with Crippen LogP contribution in [0.15, 0.2) is 18.2 Å². The minimum absolute atomic E-state index is 0.0987. The third-order valence-corrected chi connectivity index (χ3v) is 3.44. The molecular formula is C11H15NO4S. The smallest absolute Gasteiger partial charge is 0.231 e. The van der Waals surface area contributed by atoms with Gasteiger partial charge >= 0.3 is 0 Å². The molecule has 1 aromatic rings. The molecule has 0 aromatic heterocycles. The summed E-state index contributed by atoms with van der Waals surface area (Å²) < 4.78 is 32.7. The number of rotatable bonds is 4. The first-order valence-corrected chi connectivity index (χ1v) is 7.34. The number of hydrogen-bond donors (Lipinski definition) is 1. The highest BCUT2D eigenvalue weighted by Gasteiger charge is 2.15. The van der Waals surface area contributed by atoms with Gasteiger partial charge in [0.05, 0.1) is 5.75 Å². The number of benzene rings is 1. The molecule has 1 aromatic carbocycles. The molecule has 0 saturated carbocycles. The Balaban J connectivity index is 2.04. The number of sulfone groups is 1. The maximum Gasteiger partial charge on any atom is 0.231 e. The van der Waals surface area contributed by atoms with Gasteiger partial charge in [-0.1, -0.05) is 0 Å². The summed E-state index contributed by atoms with van der Waals surface area (Å²) in [5, 5.41) is 3.11. The normalized spacial score (nSPS) is 15.6. The van der Waals surface area contributed by atoms with Gasteiger partial charge in [0.1, 0.15) is 9.84 Å². The van der Waals surface area contributed by atoms with Crippen molar-refractivity contribution in [1.82, 2.24) is 0 Å². The number of anilines is 1. The molecule has 0 radical (unpaired) electrons. The molecule has 1 aliphatic heterocycles. The molecule has 0 aliphatic carbocycles. The molecule has 0 saturated heterocycles. The van der Waals surface area contributed by atoms with Gasteiger partial charge in [0.25, 0.3) is 0 Å². The van der Waals surface area contributed by atoms with E-state index < -0.39 is 9.84 Å². The number of fused-ring (bicyclic) bond motifs is 1. The van der Waals surface area contributed by atoms with Crippen molar-refractivity contribution in [3.63, 3.8) is 0 Å². The van der Waals surface area contributed by atoms with Crippen molar-refractivity contribution in [2.45, 2.75) is 13.0 Å². The van der Waals surface area contributed by atoms with Gasteiger partial charge in [0.2, 0.25) is 6.79 Å². The van der Waals surface area contributed by atoms with Crippen LogP contribution in [0, 0.1) is 0 Å². The maximum absolute atomic E-state index is 11.1. The Kier molecular flexibility index (Phi) is 3.15. The first-order chi connectivity index (χ1) is 7.94. The average molecular weight is 257 g/mol. The standard InChI is InChI=1S/C11H15NO4S/c1-8(6-17(2,13)14)12-9-3-4-10-11(5-9)16-7-15-10/h3-5,8,12H,6-7H2,1-2H3. The van der Waals surface area contributed by atoms with Gasteiger partial charge in [-0.25, -0.2) is 8.42 Å². The molecule has 17 heavy (non-hydrogen) atoms. The lowest BCUT2D eigenvalue weighted by Crippen LogP contribution is -2.24. The van der Waals surface area contributed by atoms with Gasteiger partial charge in [-0.3, -0.25) is 0 Å². The molecule has 5 nitrogen and oxygen atoms in total. The molecule has 0 spiro atoms. The fourth-order valence-corrected chi connectivity index (χ4v) is 2.76. The Morgan fingerprint density at radius 2 is 2.06 bits per heavy atom. The molecule has 1 unspecified atom stereocenters. The van der Waals surface area contributed by atoms with Gasteiger partial charge in [-0.05, 0) is 19.1 Å². The Morgan fingerprint density at radius 1 is 1.35 bits per heavy atom. The van der Waals surface area contributed by atoms with E-state index in [-0.39, 0.29) is 18.6 Å². The van der Waals surface area contributed by atoms with Crippen LogP contribution in [0.5, 0.6) is 11.5 Å². The van der Waals surface area contributed by atoms with Crippen molar-refractivity contribution in [3.05, 3.63) is 18.2 Å². The van der Waals surface area contributed by atoms with Crippen LogP contribution in [-0.2, 0) is 9.84 Å². The van der Waals surface area contributed by atoms with Crippen molar-refractivity contribution in [3.8, 4) is 11.5 Å². The molecular weight excluding hydrogens is 242 g/mol. The summed E-state index contributed by atoms with van der Waals surface area (Å²) in [7, 11) is -2.97. The van der Waals surface area contributed by atoms with Gasteiger partial charge < -0.3 is 14.8 Å². The molecule has 1 aliphatic rings. The van der Waals surface area contributed by atoms with Crippen molar-refractivity contribution in [2.24, 2.45) is 0 Å². The van der Waals surface area contributed by atoms with E-state index >= 15 is 0 Å². The van der Waals surface area contributed by atoms with Gasteiger partial charge in [0, 0.05) is 24.1 Å². The van der Waals surface area contributed by atoms with Crippen LogP contribution in [-0.4, -0.2) is 33.3 Å². The number of nitrogens with one attached hydrogen (secondary N) is 1. The summed E-state index contributed by atoms with van der Waals surface area (Å²) in [6, 6.07) is 5.30. The summed E-state index contributed by atoms with van der Waals surface area (Å²) in [5.41, 5.74) is 0.824. The second kappa shape index (κ2) is 4.44. The van der Waals surface area contributed by atoms with E-state index in [0.29, 0.717) is 11.5 Å². The van der Waals surface area contributed by atoms with E-state index in [2.05, 4.69) is 5.32 Å². The van der Waals surface area contributed by atoms with Crippen LogP contribution >= 0.6 is 0 Å². The number of ether oxygens (including phenoxy) is 2. The zero-order valence-corrected chi connectivity index (χ0v) is 10.6. The molecule has 0 amide bonds. The fourth-order valence-electron chi connectivity index (χ4n) is 1.77. The zero-order valence-electron chi connectivity index (χ0n) is 9.76. The minimum Gasteiger partial charge on any atom is -0.454 e. The first-order valence-electron chi connectivity index (χ1n) is 5.28. The highest BCUT2D eigenvalue weighted by atomic mass is 32.2. The quantitative estimate of drug-likeness (QED) is 0.879. The SMILES string of the molecule is CC(CS(C)(=O)=O)Nc1ccc2c(c1)OCO2. The molecule has 1 atom stereocenters. The summed E-state index contributed by atoms with van der Waals surface area (Å²) in [6.45, 7) is 2.06. The average Bonchev–Trinajstić information content (AvgIpc) is 2.61. The summed E-state index contributed by atoms with van der Waals surface area (Å²) in [5.74, 6) is 1.49. The summed E-state index contributed by atoms with van der Waals surface area (Å²) in [4.78, 5) is 0. The fraction of sp³-hybridized carbons (Fsp3) is 0.455. The molecule has 0 fully saturated rings. The van der Waals surface area contributed by atoms with Crippen LogP contribution in [0.1, 0.15) is 6.92 Å². The highest BCUT2D eigenvalue weighted by Crippen LogP contribution is 2.34. The van der Waals surface area contributed by atoms with Crippen molar-refractivity contribution < 1.29 is 17.9 Å². The lowest BCUT2D eigenvalue weighted by Gasteiger charge is -2.14. The Bertz CT molecular complexity index is 512. The van der Waals surface area contributed by atoms with E-state index in [1.54, 1.807) is 12.1 Å². The van der Waals surface area contributed by atoms with E-state index in [1.807, 2.05) is 13.0 Å². The number of hydrogen-bond acceptors (Lipinski definition) is 5. The second-order valence-electron chi connectivity index (χ2n) is 4.21. The second-order valence-corrected chi connectivity index (χ2v) is 6.39. The monoisotopic (exact) mass is 257 g/mol. The van der Waals surface area contributed by atoms with Gasteiger partial charge in [0.15, 0.2) is 11.5 Å². The highest BCUT2D eigenvalue weighted by molar-refractivity contribution is 7.90. The Morgan fingerprint density at radius 3 is 2.76 bits per heavy atom. The van der Waals surface area contributed by atoms with Crippen LogP contribution in [0.25, 0.3) is 0 Å². The molecule has 1 heterocycles. The van der Waals surface area contributed by atoms with Crippen LogP contribution in [0.4, 0.5) is 5.69 Å². The minimum atomic E-state index is -2.97. The topological polar surface area (TPSA) is 64.6 Å². The Labute approximate surface area is 101 Å². The zero-order chi connectivity index (χ0) is 12.5. The summed E-state index contributed by atoms with van der Waals surface area (Å²) in [6.07, 6.45) is 1.23. The van der Waals surface area contributed by atoms with Crippen molar-refractivity contribution in [2.75, 3.05) is 24.1 Å². The van der Waals surface area contributed by atoms with Gasteiger partial charge in [-0.15, -0.1) is 0 Å². The van der Waals surface area contributed by atoms with E-state index in [1.165, 1.54) is 6.26 Å². The lowest BCUT2D eigenvalue weighted by atomic mass is 10.2. The van der Waals surface area contributed by atoms with Gasteiger partial charge in [-0.2, -0.15) is 0 Å². The molecule has 0 bridgehead atoms. The third kappa shape index (κ3) is 3.26. The van der Waals surface area contributed by atoms with Crippen LogP contribution < -0.4 is 14.8 Å². The molecule has 94 valence electrons. The Hall–Kier alpha value is -1.43. The predicted octanol–water partition coefficient (Wildman–Crippen LogP) is 1.26. The first kappa shape index (κ1) is 12.0. The largest absolute Gasteiger partial charge is 0.454 e. The van der Waals surface area contributed by atoms with E-state index in [4.69, 9.17) is 9.47 Å². The van der Waals surface area contributed by atoms with Crippen molar-refractivity contribution >= 4 is 15.5 Å². The third-order valence-electron chi connectivity index (χ3n) is 2.34. The molecule has 1 N–H and O–H groups in total. The van der Waals surface area contributed by atoms with E-state index in [0.717, 1.165) is 5.69 Å². The maximum atomic E-state index is 11.1. The van der Waals surface area contributed by atoms with Crippen molar-refractivity contribution in [1.29, 1.82) is 0 Å². The predicted molar refractivity (Wildman–Crippen MR) is 65.4 cm³/mol. The van der Waals surface area contributed by atoms with E-state index in [9.17, 15) is 8.42 Å². The van der Waals surface area contributed by atoms with Crippen LogP contribution in [0.3, 0.4) is 0 Å². The lowest BCUT2D eigenvalue weighted by molar-refractivity contribution is 0.174. The molecule has 2 rings (SSSR count). The van der Waals surface area contributed by atoms with Crippen LogP contribution in [0.2, 0.25) is 0 Å². The molecule has 6 heteroatoms. The summed E-state index contributed by atoms with van der Waals surface area (Å²) >= 11 is 0.